The van der Waals surface area contributed by atoms with Gasteiger partial charge in [0, 0.05) is 0 Å². The molecule has 2 aromatic heterocycles. The van der Waals surface area contributed by atoms with Gasteiger partial charge in [0.25, 0.3) is 0 Å². The molecular weight excluding hydrogens is 500 g/mol. The minimum Gasteiger partial charge on any atom is -0.663 e. The number of aryl methyl sites for hydroxylation is 2. The molecule has 0 N–H and O–H groups in total. The molecule has 0 radical (unpaired) electrons. The monoisotopic (exact) mass is 540 g/mol. The van der Waals surface area contributed by atoms with Crippen LogP contribution in [0.3, 0.4) is 0 Å². The summed E-state index contributed by atoms with van der Waals surface area (Å²) in [5.74, 6) is 0.0333. The van der Waals surface area contributed by atoms with Crippen LogP contribution in [0.1, 0.15) is 61.7 Å². The summed E-state index contributed by atoms with van der Waals surface area (Å²) >= 11 is 0. The Labute approximate surface area is 243 Å². The van der Waals surface area contributed by atoms with Gasteiger partial charge < -0.3 is 20.6 Å². The summed E-state index contributed by atoms with van der Waals surface area (Å²) in [6, 6.07) is 27.4. The summed E-state index contributed by atoms with van der Waals surface area (Å²) in [6.07, 6.45) is 0. The Bertz CT molecular complexity index is 1260. The molecule has 2 heterocycles. The molecule has 0 aliphatic rings. The minimum absolute atomic E-state index is 0. The van der Waals surface area contributed by atoms with Crippen molar-refractivity contribution >= 4 is 21.8 Å². The van der Waals surface area contributed by atoms with Gasteiger partial charge in [0.1, 0.15) is 0 Å². The number of benzene rings is 3. The van der Waals surface area contributed by atoms with Gasteiger partial charge in [0.2, 0.25) is 0 Å². The maximum absolute atomic E-state index is 5.04. The summed E-state index contributed by atoms with van der Waals surface area (Å²) in [4.78, 5) is 10.1. The van der Waals surface area contributed by atoms with E-state index in [0.29, 0.717) is 0 Å². The van der Waals surface area contributed by atoms with E-state index >= 15 is 0 Å². The Hall–Kier alpha value is -2.63. The van der Waals surface area contributed by atoms with E-state index < -0.39 is 0 Å². The third kappa shape index (κ3) is 7.71. The molecule has 0 unspecified atom stereocenters. The van der Waals surface area contributed by atoms with Crippen LogP contribution in [0.15, 0.2) is 78.9 Å². The average Bonchev–Trinajstić information content (AvgIpc) is 3.44. The van der Waals surface area contributed by atoms with Crippen molar-refractivity contribution in [2.45, 2.75) is 47.5 Å². The predicted molar refractivity (Wildman–Crippen MR) is 160 cm³/mol. The molecule has 5 heteroatoms. The van der Waals surface area contributed by atoms with Gasteiger partial charge in [0.05, 0.1) is 0 Å². The van der Waals surface area contributed by atoms with Gasteiger partial charge in [-0.15, -0.1) is 22.4 Å². The number of hydrogen-bond acceptors (Lipinski definition) is 0. The molecule has 0 bridgehead atoms. The van der Waals surface area contributed by atoms with Crippen LogP contribution < -0.4 is 9.97 Å². The summed E-state index contributed by atoms with van der Waals surface area (Å²) in [7, 11) is 0. The van der Waals surface area contributed by atoms with E-state index in [2.05, 4.69) is 103 Å². The van der Waals surface area contributed by atoms with Gasteiger partial charge in [-0.25, -0.2) is 0 Å². The Kier molecular flexibility index (Phi) is 13.6. The fourth-order valence-corrected chi connectivity index (χ4v) is 4.58. The standard InChI is InChI=1S/C25H20N2.2C4H10N.Ti/c1-16-19-12-6-8-14-21(19)26-24(16)23(18-10-4-3-5-11-18)25-17(2)20-13-7-9-15-22(20)27-25;2*1-3-5-4-2;/h3-15,23H,1-2H3;2*3-4H2,1-2H3;/q-2;2*-1;+4. The molecule has 5 rings (SSSR count). The van der Waals surface area contributed by atoms with Crippen LogP contribution in [0.25, 0.3) is 32.4 Å². The zero-order chi connectivity index (χ0) is 26.6. The number of para-hydroxylation sites is 2. The molecule has 0 saturated carbocycles. The Morgan fingerprint density at radius 1 is 0.553 bits per heavy atom. The van der Waals surface area contributed by atoms with Gasteiger partial charge in [-0.2, -0.15) is 26.2 Å². The summed E-state index contributed by atoms with van der Waals surface area (Å²) in [6.45, 7) is 16.4. The van der Waals surface area contributed by atoms with Crippen molar-refractivity contribution in [1.29, 1.82) is 0 Å². The largest absolute Gasteiger partial charge is 4.00 e. The normalized spacial score (nSPS) is 10.5. The molecule has 196 valence electrons. The number of hydrogen-bond donors (Lipinski definition) is 0. The zero-order valence-electron chi connectivity index (χ0n) is 23.7. The molecule has 0 amide bonds. The van der Waals surface area contributed by atoms with Gasteiger partial charge in [-0.3, -0.25) is 0 Å². The molecule has 3 aromatic carbocycles. The van der Waals surface area contributed by atoms with E-state index in [4.69, 9.17) is 9.97 Å². The Morgan fingerprint density at radius 2 is 0.921 bits per heavy atom. The zero-order valence-corrected chi connectivity index (χ0v) is 25.3. The quantitative estimate of drug-likeness (QED) is 0.194. The first kappa shape index (κ1) is 31.6. The number of fused-ring (bicyclic) bond motifs is 2. The van der Waals surface area contributed by atoms with E-state index in [1.807, 2.05) is 27.7 Å². The van der Waals surface area contributed by atoms with E-state index in [1.165, 1.54) is 27.5 Å². The number of nitrogens with zero attached hydrogens (tertiary/aromatic N) is 4. The maximum Gasteiger partial charge on any atom is 4.00 e. The first-order chi connectivity index (χ1) is 18.1. The van der Waals surface area contributed by atoms with Crippen molar-refractivity contribution in [3.8, 4) is 0 Å². The molecule has 38 heavy (non-hydrogen) atoms. The molecular formula is C33H40N4Ti. The third-order valence-electron chi connectivity index (χ3n) is 6.44. The van der Waals surface area contributed by atoms with Crippen molar-refractivity contribution < 1.29 is 21.7 Å². The molecule has 0 fully saturated rings. The summed E-state index contributed by atoms with van der Waals surface area (Å²) in [5.41, 5.74) is 8.03. The fraction of sp³-hybridized carbons (Fsp3) is 0.333. The Morgan fingerprint density at radius 3 is 1.26 bits per heavy atom. The van der Waals surface area contributed by atoms with E-state index in [0.717, 1.165) is 48.6 Å². The molecule has 0 aliphatic heterocycles. The molecule has 0 saturated heterocycles. The minimum atomic E-state index is 0. The molecule has 0 atom stereocenters. The average molecular weight is 541 g/mol. The Balaban J connectivity index is 0.000000398. The van der Waals surface area contributed by atoms with Crippen molar-refractivity contribution in [1.82, 2.24) is 9.97 Å². The van der Waals surface area contributed by atoms with Gasteiger partial charge in [0.15, 0.2) is 0 Å². The van der Waals surface area contributed by atoms with Crippen molar-refractivity contribution in [3.05, 3.63) is 118 Å². The first-order valence-electron chi connectivity index (χ1n) is 13.4. The SMILES string of the molecule is CC[N-]CC.CC[N-]CC.Cc1c(C(c2ccccc2)c2[n-]c3ccccc3c2C)[n-]c2ccccc12.[Ti+4]. The topological polar surface area (TPSA) is 56.4 Å². The van der Waals surface area contributed by atoms with Gasteiger partial charge in [-0.05, 0) is 36.1 Å². The maximum atomic E-state index is 5.04. The number of rotatable bonds is 7. The van der Waals surface area contributed by atoms with Crippen LogP contribution in [-0.4, -0.2) is 26.2 Å². The summed E-state index contributed by atoms with van der Waals surface area (Å²) in [5, 5.41) is 10.4. The van der Waals surface area contributed by atoms with Crippen LogP contribution in [0.2, 0.25) is 0 Å². The van der Waals surface area contributed by atoms with E-state index in [9.17, 15) is 0 Å². The van der Waals surface area contributed by atoms with Crippen LogP contribution in [-0.2, 0) is 21.7 Å². The van der Waals surface area contributed by atoms with Crippen LogP contribution in [0.4, 0.5) is 0 Å². The van der Waals surface area contributed by atoms with Gasteiger partial charge >= 0.3 is 21.7 Å². The number of aromatic nitrogens is 2. The molecule has 4 nitrogen and oxygen atoms in total. The van der Waals surface area contributed by atoms with Crippen LogP contribution >= 0.6 is 0 Å². The van der Waals surface area contributed by atoms with Crippen molar-refractivity contribution in [2.24, 2.45) is 0 Å². The van der Waals surface area contributed by atoms with E-state index in [-0.39, 0.29) is 27.6 Å². The fourth-order valence-electron chi connectivity index (χ4n) is 4.58. The van der Waals surface area contributed by atoms with E-state index in [1.54, 1.807) is 0 Å². The predicted octanol–water partition coefficient (Wildman–Crippen LogP) is 8.50. The third-order valence-corrected chi connectivity index (χ3v) is 6.44. The van der Waals surface area contributed by atoms with Crippen molar-refractivity contribution in [2.75, 3.05) is 26.2 Å². The molecule has 5 aromatic rings. The second-order valence-electron chi connectivity index (χ2n) is 8.83. The smallest absolute Gasteiger partial charge is 0.663 e. The molecule has 0 spiro atoms. The van der Waals surface area contributed by atoms with Crippen LogP contribution in [0.5, 0.6) is 0 Å². The molecule has 0 aliphatic carbocycles. The van der Waals surface area contributed by atoms with Gasteiger partial charge in [-0.1, -0.05) is 118 Å². The summed E-state index contributed by atoms with van der Waals surface area (Å²) < 4.78 is 0. The second kappa shape index (κ2) is 16.4. The second-order valence-corrected chi connectivity index (χ2v) is 8.83. The first-order valence-corrected chi connectivity index (χ1v) is 13.4. The van der Waals surface area contributed by atoms with Crippen molar-refractivity contribution in [3.63, 3.8) is 0 Å². The van der Waals surface area contributed by atoms with Crippen LogP contribution in [0, 0.1) is 13.8 Å².